The van der Waals surface area contributed by atoms with Crippen LogP contribution in [0, 0.1) is 0 Å². The van der Waals surface area contributed by atoms with Crippen LogP contribution < -0.4 is 0 Å². The maximum atomic E-state index is 10.8. The normalized spacial score (nSPS) is 46.5. The third-order valence-electron chi connectivity index (χ3n) is 10.7. The Morgan fingerprint density at radius 2 is 0.661 bits per heavy atom. The van der Waals surface area contributed by atoms with E-state index < -0.39 is 130 Å². The van der Waals surface area contributed by atoms with E-state index >= 15 is 0 Å². The van der Waals surface area contributed by atoms with E-state index in [-0.39, 0.29) is 26.4 Å². The SMILES string of the molecule is CCCCCCCCCCOC1OCC(OC2OCC(OC3OCC(OC4OCC(OC5OCC(O)C(O)C5O)C(O)C4O)C(O)C3O)C(O)C2O)C(O)C1O. The molecule has 21 heteroatoms. The molecule has 0 radical (unpaired) electrons. The summed E-state index contributed by atoms with van der Waals surface area (Å²) >= 11 is 0. The van der Waals surface area contributed by atoms with Gasteiger partial charge in [0.05, 0.1) is 33.0 Å². The van der Waals surface area contributed by atoms with Crippen LogP contribution in [0.4, 0.5) is 0 Å². The van der Waals surface area contributed by atoms with Crippen LogP contribution in [0.2, 0.25) is 0 Å². The molecule has 5 saturated heterocycles. The molecule has 0 aliphatic carbocycles. The summed E-state index contributed by atoms with van der Waals surface area (Å²) in [7, 11) is 0. The molecule has 5 aliphatic rings. The first kappa shape index (κ1) is 46.2. The number of unbranched alkanes of at least 4 members (excludes halogenated alkanes) is 7. The molecule has 0 aromatic carbocycles. The third kappa shape index (κ3) is 11.7. The van der Waals surface area contributed by atoms with Gasteiger partial charge < -0.3 is 104 Å². The molecule has 20 atom stereocenters. The van der Waals surface area contributed by atoms with Crippen molar-refractivity contribution in [1.82, 2.24) is 0 Å². The molecule has 0 amide bonds. The topological polar surface area (TPSA) is 315 Å². The highest BCUT2D eigenvalue weighted by Gasteiger charge is 2.50. The van der Waals surface area contributed by atoms with Crippen LogP contribution in [0.3, 0.4) is 0 Å². The summed E-state index contributed by atoms with van der Waals surface area (Å²) in [6.45, 7) is 0.793. The Hall–Kier alpha value is -0.840. The van der Waals surface area contributed by atoms with Crippen molar-refractivity contribution in [3.05, 3.63) is 0 Å². The Bertz CT molecular complexity index is 1130. The van der Waals surface area contributed by atoms with Gasteiger partial charge in [0, 0.05) is 6.61 Å². The summed E-state index contributed by atoms with van der Waals surface area (Å²) in [6.07, 6.45) is -20.8. The summed E-state index contributed by atoms with van der Waals surface area (Å²) in [5.41, 5.74) is 0. The van der Waals surface area contributed by atoms with Gasteiger partial charge in [-0.25, -0.2) is 0 Å². The molecule has 5 fully saturated rings. The summed E-state index contributed by atoms with van der Waals surface area (Å²) in [5.74, 6) is 0. The van der Waals surface area contributed by atoms with Gasteiger partial charge in [0.2, 0.25) is 0 Å². The maximum Gasteiger partial charge on any atom is 0.186 e. The lowest BCUT2D eigenvalue weighted by molar-refractivity contribution is -0.362. The Labute approximate surface area is 324 Å². The summed E-state index contributed by atoms with van der Waals surface area (Å²) < 4.78 is 55.3. The highest BCUT2D eigenvalue weighted by molar-refractivity contribution is 4.92. The summed E-state index contributed by atoms with van der Waals surface area (Å²) in [5, 5.41) is 115. The van der Waals surface area contributed by atoms with E-state index in [2.05, 4.69) is 6.92 Å². The van der Waals surface area contributed by atoms with Crippen molar-refractivity contribution >= 4 is 0 Å². The average molecular weight is 819 g/mol. The molecule has 0 aromatic heterocycles. The Morgan fingerprint density at radius 1 is 0.357 bits per heavy atom. The van der Waals surface area contributed by atoms with Crippen LogP contribution in [0.1, 0.15) is 58.3 Å². The first-order valence-electron chi connectivity index (χ1n) is 19.6. The van der Waals surface area contributed by atoms with E-state index in [9.17, 15) is 56.2 Å². The zero-order valence-corrected chi connectivity index (χ0v) is 31.4. The van der Waals surface area contributed by atoms with Crippen LogP contribution in [0.5, 0.6) is 0 Å². The van der Waals surface area contributed by atoms with Crippen LogP contribution in [-0.4, -0.2) is 219 Å². The zero-order chi connectivity index (χ0) is 40.5. The minimum atomic E-state index is -1.78. The summed E-state index contributed by atoms with van der Waals surface area (Å²) in [6, 6.07) is 0. The van der Waals surface area contributed by atoms with Gasteiger partial charge in [-0.1, -0.05) is 51.9 Å². The number of aliphatic hydroxyl groups excluding tert-OH is 11. The molecule has 5 rings (SSSR count). The van der Waals surface area contributed by atoms with Gasteiger partial charge in [-0.05, 0) is 6.42 Å². The van der Waals surface area contributed by atoms with Gasteiger partial charge in [0.15, 0.2) is 31.5 Å². The van der Waals surface area contributed by atoms with E-state index in [1.165, 1.54) is 25.7 Å². The highest BCUT2D eigenvalue weighted by Crippen LogP contribution is 2.30. The quantitative estimate of drug-likeness (QED) is 0.0580. The second kappa shape index (κ2) is 22.1. The van der Waals surface area contributed by atoms with Crippen molar-refractivity contribution in [1.29, 1.82) is 0 Å². The molecule has 0 saturated carbocycles. The van der Waals surface area contributed by atoms with E-state index in [0.29, 0.717) is 6.61 Å². The fourth-order valence-corrected chi connectivity index (χ4v) is 7.08. The predicted molar refractivity (Wildman–Crippen MR) is 183 cm³/mol. The van der Waals surface area contributed by atoms with Crippen molar-refractivity contribution in [3.63, 3.8) is 0 Å². The monoisotopic (exact) mass is 818 g/mol. The van der Waals surface area contributed by atoms with Gasteiger partial charge in [0.1, 0.15) is 91.6 Å². The number of hydrogen-bond donors (Lipinski definition) is 11. The number of ether oxygens (including phenoxy) is 10. The van der Waals surface area contributed by atoms with Crippen LogP contribution in [0.15, 0.2) is 0 Å². The lowest BCUT2D eigenvalue weighted by atomic mass is 10.0. The molecule has 0 bridgehead atoms. The first-order chi connectivity index (χ1) is 26.8. The number of rotatable bonds is 18. The van der Waals surface area contributed by atoms with Gasteiger partial charge in [-0.2, -0.15) is 0 Å². The van der Waals surface area contributed by atoms with Crippen LogP contribution >= 0.6 is 0 Å². The molecule has 21 nitrogen and oxygen atoms in total. The minimum absolute atomic E-state index is 0.196. The Morgan fingerprint density at radius 3 is 1.05 bits per heavy atom. The molecule has 0 spiro atoms. The maximum absolute atomic E-state index is 10.8. The lowest BCUT2D eigenvalue weighted by Gasteiger charge is -2.45. The van der Waals surface area contributed by atoms with Gasteiger partial charge in [-0.3, -0.25) is 0 Å². The van der Waals surface area contributed by atoms with Crippen molar-refractivity contribution in [2.75, 3.05) is 39.6 Å². The third-order valence-corrected chi connectivity index (χ3v) is 10.7. The summed E-state index contributed by atoms with van der Waals surface area (Å²) in [4.78, 5) is 0. The van der Waals surface area contributed by atoms with E-state index in [1.54, 1.807) is 0 Å². The lowest BCUT2D eigenvalue weighted by Crippen LogP contribution is -2.63. The van der Waals surface area contributed by atoms with E-state index in [0.717, 1.165) is 25.7 Å². The second-order valence-electron chi connectivity index (χ2n) is 15.0. The van der Waals surface area contributed by atoms with Crippen molar-refractivity contribution in [2.45, 2.75) is 181 Å². The van der Waals surface area contributed by atoms with E-state index in [1.807, 2.05) is 0 Å². The van der Waals surface area contributed by atoms with Gasteiger partial charge in [0.25, 0.3) is 0 Å². The van der Waals surface area contributed by atoms with Gasteiger partial charge in [-0.15, -0.1) is 0 Å². The minimum Gasteiger partial charge on any atom is -0.388 e. The fourth-order valence-electron chi connectivity index (χ4n) is 7.08. The van der Waals surface area contributed by atoms with Gasteiger partial charge >= 0.3 is 0 Å². The largest absolute Gasteiger partial charge is 0.388 e. The fraction of sp³-hybridized carbons (Fsp3) is 1.00. The molecular formula is C35H62O21. The van der Waals surface area contributed by atoms with Crippen LogP contribution in [-0.2, 0) is 47.4 Å². The Kier molecular flexibility index (Phi) is 18.3. The smallest absolute Gasteiger partial charge is 0.186 e. The second-order valence-corrected chi connectivity index (χ2v) is 15.0. The number of aliphatic hydroxyl groups is 11. The molecule has 328 valence electrons. The first-order valence-corrected chi connectivity index (χ1v) is 19.6. The molecule has 0 aromatic rings. The van der Waals surface area contributed by atoms with Crippen molar-refractivity contribution in [2.24, 2.45) is 0 Å². The van der Waals surface area contributed by atoms with Crippen molar-refractivity contribution < 1.29 is 104 Å². The highest BCUT2D eigenvalue weighted by atomic mass is 16.8. The Balaban J connectivity index is 1.01. The van der Waals surface area contributed by atoms with E-state index in [4.69, 9.17) is 47.4 Å². The zero-order valence-electron chi connectivity index (χ0n) is 31.4. The van der Waals surface area contributed by atoms with Crippen molar-refractivity contribution in [3.8, 4) is 0 Å². The molecule has 5 aliphatic heterocycles. The van der Waals surface area contributed by atoms with Crippen LogP contribution in [0.25, 0.3) is 0 Å². The molecule has 5 heterocycles. The molecule has 56 heavy (non-hydrogen) atoms. The average Bonchev–Trinajstić information content (AvgIpc) is 3.18. The molecule has 20 unspecified atom stereocenters. The standard InChI is InChI=1S/C35H62O21/c1-2-3-4-5-6-7-8-9-10-47-31-27(43)22(38)17(12-49-31)54-33-29(45)24(40)19(14-51-33)56-35-30(46)25(41)20(15-52-35)55-34-28(44)23(39)18(13-50-34)53-32-26(42)21(37)16(36)11-48-32/h16-46H,2-15H2,1H3. The predicted octanol–water partition coefficient (Wildman–Crippen LogP) is -4.56. The molecular weight excluding hydrogens is 756 g/mol. The molecule has 11 N–H and O–H groups in total. The number of hydrogen-bond acceptors (Lipinski definition) is 21.